The summed E-state index contributed by atoms with van der Waals surface area (Å²) < 4.78 is 10.7. The number of anilines is 2. The highest BCUT2D eigenvalue weighted by molar-refractivity contribution is 7.18. The van der Waals surface area contributed by atoms with E-state index in [-0.39, 0.29) is 6.03 Å². The molecule has 0 radical (unpaired) electrons. The van der Waals surface area contributed by atoms with Crippen molar-refractivity contribution < 1.29 is 14.3 Å². The molecule has 0 saturated carbocycles. The molecule has 0 spiro atoms. The molecule has 0 aliphatic carbocycles. The molecule has 3 heterocycles. The fraction of sp³-hybridized carbons (Fsp3) is 0.321. The van der Waals surface area contributed by atoms with Gasteiger partial charge in [0, 0.05) is 43.5 Å². The first-order valence-corrected chi connectivity index (χ1v) is 13.1. The molecular formula is C28H31N5O3S. The molecule has 0 atom stereocenters. The van der Waals surface area contributed by atoms with Crippen molar-refractivity contribution in [3.63, 3.8) is 0 Å². The third kappa shape index (κ3) is 5.17. The summed E-state index contributed by atoms with van der Waals surface area (Å²) in [6.07, 6.45) is 0.686. The van der Waals surface area contributed by atoms with E-state index in [4.69, 9.17) is 19.4 Å². The number of nitrogens with one attached hydrogen (secondary N) is 1. The third-order valence-corrected chi connectivity index (χ3v) is 7.88. The van der Waals surface area contributed by atoms with Crippen LogP contribution in [0.3, 0.4) is 0 Å². The van der Waals surface area contributed by atoms with Crippen molar-refractivity contribution in [1.29, 1.82) is 0 Å². The number of nitrogens with zero attached hydrogens (tertiary/aromatic N) is 4. The van der Waals surface area contributed by atoms with Gasteiger partial charge in [-0.15, -0.1) is 11.3 Å². The summed E-state index contributed by atoms with van der Waals surface area (Å²) in [7, 11) is 3.17. The van der Waals surface area contributed by atoms with Crippen LogP contribution >= 0.6 is 11.3 Å². The molecular weight excluding hydrogens is 486 g/mol. The number of amides is 2. The van der Waals surface area contributed by atoms with Gasteiger partial charge < -0.3 is 24.6 Å². The zero-order valence-electron chi connectivity index (χ0n) is 21.6. The van der Waals surface area contributed by atoms with E-state index in [0.29, 0.717) is 49.8 Å². The van der Waals surface area contributed by atoms with Crippen LogP contribution in [0.15, 0.2) is 48.5 Å². The van der Waals surface area contributed by atoms with Crippen LogP contribution < -0.4 is 19.7 Å². The summed E-state index contributed by atoms with van der Waals surface area (Å²) in [5.74, 6) is 3.02. The molecule has 1 fully saturated rings. The Balaban J connectivity index is 1.33. The number of rotatable bonds is 6. The van der Waals surface area contributed by atoms with E-state index in [1.54, 1.807) is 43.8 Å². The number of hydrogen-bond donors (Lipinski definition) is 1. The van der Waals surface area contributed by atoms with Crippen LogP contribution in [0.4, 0.5) is 16.3 Å². The standard InChI is InChI=1S/C28H31N5O3S/c1-18-19(2)37-27-25(18)26(30-24(31-27)16-20-8-6-5-7-9-20)32-12-14-33(15-13-32)28(34)29-22-11-10-21(35-3)17-23(22)36-4/h5-11,17H,12-16H2,1-4H3,(H,29,34). The minimum Gasteiger partial charge on any atom is -0.497 e. The summed E-state index contributed by atoms with van der Waals surface area (Å²) in [6.45, 7) is 6.84. The van der Waals surface area contributed by atoms with Crippen molar-refractivity contribution in [2.24, 2.45) is 0 Å². The van der Waals surface area contributed by atoms with E-state index in [1.165, 1.54) is 16.0 Å². The molecule has 1 aliphatic rings. The van der Waals surface area contributed by atoms with Gasteiger partial charge in [0.05, 0.1) is 25.3 Å². The number of carbonyl (C=O) groups excluding carboxylic acids is 1. The predicted molar refractivity (Wildman–Crippen MR) is 148 cm³/mol. The first-order valence-electron chi connectivity index (χ1n) is 12.3. The molecule has 2 aromatic heterocycles. The predicted octanol–water partition coefficient (Wildman–Crippen LogP) is 5.27. The molecule has 2 aromatic carbocycles. The van der Waals surface area contributed by atoms with Gasteiger partial charge in [0.2, 0.25) is 0 Å². The number of carbonyl (C=O) groups is 1. The number of thiophene rings is 1. The van der Waals surface area contributed by atoms with Gasteiger partial charge in [-0.25, -0.2) is 14.8 Å². The van der Waals surface area contributed by atoms with Crippen molar-refractivity contribution in [1.82, 2.24) is 14.9 Å². The van der Waals surface area contributed by atoms with Gasteiger partial charge in [-0.2, -0.15) is 0 Å². The number of fused-ring (bicyclic) bond motifs is 1. The number of aryl methyl sites for hydroxylation is 2. The normalized spacial score (nSPS) is 13.6. The van der Waals surface area contributed by atoms with Crippen LogP contribution in [0, 0.1) is 13.8 Å². The first kappa shape index (κ1) is 24.8. The number of ether oxygens (including phenoxy) is 2. The second kappa shape index (κ2) is 10.6. The van der Waals surface area contributed by atoms with Gasteiger partial charge in [0.15, 0.2) is 0 Å². The number of hydrogen-bond acceptors (Lipinski definition) is 7. The highest BCUT2D eigenvalue weighted by Gasteiger charge is 2.26. The summed E-state index contributed by atoms with van der Waals surface area (Å²) in [6, 6.07) is 15.5. The van der Waals surface area contributed by atoms with Crippen molar-refractivity contribution in [2.75, 3.05) is 50.6 Å². The molecule has 8 nitrogen and oxygen atoms in total. The van der Waals surface area contributed by atoms with Crippen LogP contribution in [0.25, 0.3) is 10.2 Å². The Labute approximate surface area is 220 Å². The van der Waals surface area contributed by atoms with Crippen LogP contribution in [0.2, 0.25) is 0 Å². The summed E-state index contributed by atoms with van der Waals surface area (Å²) in [5, 5.41) is 4.10. The fourth-order valence-corrected chi connectivity index (χ4v) is 5.62. The first-order chi connectivity index (χ1) is 18.0. The Bertz CT molecular complexity index is 1410. The zero-order chi connectivity index (χ0) is 25.9. The molecule has 0 unspecified atom stereocenters. The maximum atomic E-state index is 13.0. The Morgan fingerprint density at radius 1 is 1.00 bits per heavy atom. The Hall–Kier alpha value is -3.85. The minimum atomic E-state index is -0.150. The third-order valence-electron chi connectivity index (χ3n) is 6.78. The van der Waals surface area contributed by atoms with Gasteiger partial charge in [0.1, 0.15) is 28.0 Å². The lowest BCUT2D eigenvalue weighted by molar-refractivity contribution is 0.208. The lowest BCUT2D eigenvalue weighted by Crippen LogP contribution is -2.50. The van der Waals surface area contributed by atoms with Crippen molar-refractivity contribution in [2.45, 2.75) is 20.3 Å². The maximum Gasteiger partial charge on any atom is 0.322 e. The highest BCUT2D eigenvalue weighted by Crippen LogP contribution is 2.36. The van der Waals surface area contributed by atoms with Gasteiger partial charge in [-0.05, 0) is 37.1 Å². The van der Waals surface area contributed by atoms with E-state index in [2.05, 4.69) is 36.2 Å². The Morgan fingerprint density at radius 2 is 1.76 bits per heavy atom. The molecule has 1 saturated heterocycles. The number of benzene rings is 2. The zero-order valence-corrected chi connectivity index (χ0v) is 22.4. The molecule has 4 aromatic rings. The smallest absolute Gasteiger partial charge is 0.322 e. The lowest BCUT2D eigenvalue weighted by Gasteiger charge is -2.36. The lowest BCUT2D eigenvalue weighted by atomic mass is 10.1. The van der Waals surface area contributed by atoms with E-state index in [0.717, 1.165) is 21.9 Å². The van der Waals surface area contributed by atoms with E-state index in [1.807, 2.05) is 23.1 Å². The average Bonchev–Trinajstić information content (AvgIpc) is 3.21. The largest absolute Gasteiger partial charge is 0.497 e. The van der Waals surface area contributed by atoms with Crippen LogP contribution in [0.1, 0.15) is 21.8 Å². The van der Waals surface area contributed by atoms with Crippen LogP contribution in [0.5, 0.6) is 11.5 Å². The molecule has 9 heteroatoms. The van der Waals surface area contributed by atoms with Crippen molar-refractivity contribution in [3.05, 3.63) is 70.4 Å². The van der Waals surface area contributed by atoms with Crippen molar-refractivity contribution in [3.8, 4) is 11.5 Å². The Morgan fingerprint density at radius 3 is 2.46 bits per heavy atom. The van der Waals surface area contributed by atoms with Crippen molar-refractivity contribution >= 4 is 39.1 Å². The summed E-state index contributed by atoms with van der Waals surface area (Å²) in [5.41, 5.74) is 3.03. The molecule has 0 bridgehead atoms. The second-order valence-electron chi connectivity index (χ2n) is 9.06. The molecule has 37 heavy (non-hydrogen) atoms. The van der Waals surface area contributed by atoms with Crippen LogP contribution in [-0.2, 0) is 6.42 Å². The quantitative estimate of drug-likeness (QED) is 0.375. The van der Waals surface area contributed by atoms with Gasteiger partial charge in [-0.3, -0.25) is 0 Å². The molecule has 1 N–H and O–H groups in total. The second-order valence-corrected chi connectivity index (χ2v) is 10.3. The summed E-state index contributed by atoms with van der Waals surface area (Å²) in [4.78, 5) is 29.4. The molecule has 2 amide bonds. The number of methoxy groups -OCH3 is 2. The van der Waals surface area contributed by atoms with E-state index in [9.17, 15) is 4.79 Å². The van der Waals surface area contributed by atoms with Gasteiger partial charge in [-0.1, -0.05) is 30.3 Å². The number of urea groups is 1. The monoisotopic (exact) mass is 517 g/mol. The minimum absolute atomic E-state index is 0.150. The highest BCUT2D eigenvalue weighted by atomic mass is 32.1. The average molecular weight is 518 g/mol. The summed E-state index contributed by atoms with van der Waals surface area (Å²) >= 11 is 1.72. The molecule has 1 aliphatic heterocycles. The van der Waals surface area contributed by atoms with Crippen LogP contribution in [-0.4, -0.2) is 61.3 Å². The fourth-order valence-electron chi connectivity index (χ4n) is 4.58. The van der Waals surface area contributed by atoms with Gasteiger partial charge in [0.25, 0.3) is 0 Å². The topological polar surface area (TPSA) is 79.8 Å². The number of piperazine rings is 1. The Kier molecular flexibility index (Phi) is 7.14. The van der Waals surface area contributed by atoms with E-state index >= 15 is 0 Å². The SMILES string of the molecule is COc1ccc(NC(=O)N2CCN(c3nc(Cc4ccccc4)nc4sc(C)c(C)c34)CC2)c(OC)c1. The maximum absolute atomic E-state index is 13.0. The number of aromatic nitrogens is 2. The molecule has 192 valence electrons. The van der Waals surface area contributed by atoms with Gasteiger partial charge >= 0.3 is 6.03 Å². The van der Waals surface area contributed by atoms with E-state index < -0.39 is 0 Å². The molecule has 5 rings (SSSR count).